The molecule has 0 aromatic heterocycles. The molecular formula is C24H25NO3. The van der Waals surface area contributed by atoms with Crippen LogP contribution in [-0.4, -0.2) is 16.2 Å². The second-order valence-electron chi connectivity index (χ2n) is 6.86. The average Bonchev–Trinajstić information content (AvgIpc) is 2.77. The summed E-state index contributed by atoms with van der Waals surface area (Å²) in [5.41, 5.74) is 7.12. The minimum Gasteiger partial charge on any atom is -0.388 e. The molecule has 0 saturated heterocycles. The van der Waals surface area contributed by atoms with E-state index in [-0.39, 0.29) is 6.42 Å². The van der Waals surface area contributed by atoms with Crippen molar-refractivity contribution in [2.75, 3.05) is 0 Å². The van der Waals surface area contributed by atoms with Crippen LogP contribution in [0.1, 0.15) is 37.4 Å². The highest BCUT2D eigenvalue weighted by atomic mass is 16.5. The van der Waals surface area contributed by atoms with Crippen molar-refractivity contribution in [1.29, 1.82) is 0 Å². The molecular weight excluding hydrogens is 350 g/mol. The highest BCUT2D eigenvalue weighted by Gasteiger charge is 2.09. The van der Waals surface area contributed by atoms with Crippen LogP contribution in [0.15, 0.2) is 78.9 Å². The van der Waals surface area contributed by atoms with Gasteiger partial charge in [0.05, 0.1) is 6.10 Å². The van der Waals surface area contributed by atoms with Gasteiger partial charge in [-0.15, -0.1) is 0 Å². The van der Waals surface area contributed by atoms with Crippen molar-refractivity contribution in [3.8, 4) is 22.3 Å². The van der Waals surface area contributed by atoms with Crippen molar-refractivity contribution in [1.82, 2.24) is 5.48 Å². The molecule has 3 aromatic carbocycles. The van der Waals surface area contributed by atoms with Gasteiger partial charge in [-0.25, -0.2) is 5.48 Å². The molecule has 0 radical (unpaired) electrons. The Kier molecular flexibility index (Phi) is 6.95. The number of aliphatic hydroxyl groups excluding tert-OH is 1. The van der Waals surface area contributed by atoms with Crippen molar-refractivity contribution >= 4 is 5.91 Å². The minimum absolute atomic E-state index is 0.265. The Bertz CT molecular complexity index is 874. The van der Waals surface area contributed by atoms with E-state index >= 15 is 0 Å². The number of rotatable bonds is 8. The lowest BCUT2D eigenvalue weighted by molar-refractivity contribution is -0.129. The third kappa shape index (κ3) is 5.28. The van der Waals surface area contributed by atoms with Crippen LogP contribution in [0.25, 0.3) is 22.3 Å². The molecule has 1 unspecified atom stereocenters. The molecule has 4 nitrogen and oxygen atoms in total. The Labute approximate surface area is 165 Å². The van der Waals surface area contributed by atoms with Gasteiger partial charge in [0.1, 0.15) is 0 Å². The topological polar surface area (TPSA) is 69.6 Å². The first-order chi connectivity index (χ1) is 13.7. The summed E-state index contributed by atoms with van der Waals surface area (Å²) in [6, 6.07) is 26.7. The van der Waals surface area contributed by atoms with Gasteiger partial charge in [-0.2, -0.15) is 0 Å². The fourth-order valence-electron chi connectivity index (χ4n) is 3.23. The highest BCUT2D eigenvalue weighted by molar-refractivity contribution is 5.74. The summed E-state index contributed by atoms with van der Waals surface area (Å²) in [5, 5.41) is 18.8. The maximum absolute atomic E-state index is 11.0. The summed E-state index contributed by atoms with van der Waals surface area (Å²) in [6.45, 7) is 0. The van der Waals surface area contributed by atoms with Crippen molar-refractivity contribution in [2.45, 2.75) is 31.8 Å². The largest absolute Gasteiger partial charge is 0.388 e. The first-order valence-corrected chi connectivity index (χ1v) is 9.54. The van der Waals surface area contributed by atoms with Crippen molar-refractivity contribution in [3.63, 3.8) is 0 Å². The number of carbonyl (C=O) groups excluding carboxylic acids is 1. The van der Waals surface area contributed by atoms with Gasteiger partial charge in [0.2, 0.25) is 5.91 Å². The van der Waals surface area contributed by atoms with Gasteiger partial charge in [0, 0.05) is 6.42 Å². The van der Waals surface area contributed by atoms with Gasteiger partial charge >= 0.3 is 0 Å². The molecule has 0 aliphatic rings. The number of amides is 1. The number of aliphatic hydroxyl groups is 1. The number of hydroxylamine groups is 1. The van der Waals surface area contributed by atoms with E-state index in [1.54, 1.807) is 5.48 Å². The van der Waals surface area contributed by atoms with E-state index in [9.17, 15) is 9.90 Å². The van der Waals surface area contributed by atoms with Gasteiger partial charge in [0.15, 0.2) is 0 Å². The zero-order valence-electron chi connectivity index (χ0n) is 15.7. The lowest BCUT2D eigenvalue weighted by atomic mass is 9.97. The number of unbranched alkanes of at least 4 members (excludes halogenated alkanes) is 1. The zero-order valence-corrected chi connectivity index (χ0v) is 15.7. The fraction of sp³-hybridized carbons (Fsp3) is 0.208. The third-order valence-electron chi connectivity index (χ3n) is 4.88. The van der Waals surface area contributed by atoms with Crippen LogP contribution < -0.4 is 5.48 Å². The van der Waals surface area contributed by atoms with Crippen LogP contribution in [0.5, 0.6) is 0 Å². The molecule has 0 fully saturated rings. The molecule has 0 spiro atoms. The molecule has 3 rings (SSSR count). The Hall–Kier alpha value is -2.95. The monoisotopic (exact) mass is 375 g/mol. The number of benzene rings is 3. The van der Waals surface area contributed by atoms with Gasteiger partial charge in [-0.05, 0) is 40.7 Å². The van der Waals surface area contributed by atoms with Crippen LogP contribution in [0.3, 0.4) is 0 Å². The standard InChI is InChI=1S/C24H25NO3/c26-23(8-4-5-9-24(27)25-28)22-16-14-21(15-17-22)20-12-10-19(11-13-20)18-6-2-1-3-7-18/h1-3,6-7,10-17,23,26,28H,4-5,8-9H2,(H,25,27). The molecule has 1 atom stereocenters. The second kappa shape index (κ2) is 9.83. The highest BCUT2D eigenvalue weighted by Crippen LogP contribution is 2.27. The second-order valence-corrected chi connectivity index (χ2v) is 6.86. The molecule has 3 N–H and O–H groups in total. The predicted molar refractivity (Wildman–Crippen MR) is 111 cm³/mol. The molecule has 0 heterocycles. The SMILES string of the molecule is O=C(CCCCC(O)c1ccc(-c2ccc(-c3ccccc3)cc2)cc1)NO. The maximum Gasteiger partial charge on any atom is 0.243 e. The lowest BCUT2D eigenvalue weighted by Crippen LogP contribution is -2.17. The molecule has 4 heteroatoms. The third-order valence-corrected chi connectivity index (χ3v) is 4.88. The molecule has 28 heavy (non-hydrogen) atoms. The molecule has 0 aliphatic heterocycles. The molecule has 0 aliphatic carbocycles. The van der Waals surface area contributed by atoms with Crippen LogP contribution in [0, 0.1) is 0 Å². The summed E-state index contributed by atoms with van der Waals surface area (Å²) in [7, 11) is 0. The Morgan fingerprint density at radius 3 is 1.79 bits per heavy atom. The summed E-state index contributed by atoms with van der Waals surface area (Å²) in [6.07, 6.45) is 1.66. The van der Waals surface area contributed by atoms with E-state index in [1.165, 1.54) is 11.1 Å². The van der Waals surface area contributed by atoms with Crippen LogP contribution in [-0.2, 0) is 4.79 Å². The smallest absolute Gasteiger partial charge is 0.243 e. The Balaban J connectivity index is 1.58. The summed E-state index contributed by atoms with van der Waals surface area (Å²) in [4.78, 5) is 11.0. The van der Waals surface area contributed by atoms with Crippen molar-refractivity contribution in [2.24, 2.45) is 0 Å². The van der Waals surface area contributed by atoms with Gasteiger partial charge in [-0.3, -0.25) is 10.0 Å². The summed E-state index contributed by atoms with van der Waals surface area (Å²) in [5.74, 6) is -0.392. The first-order valence-electron chi connectivity index (χ1n) is 9.54. The van der Waals surface area contributed by atoms with Gasteiger partial charge < -0.3 is 5.11 Å². The molecule has 1 amide bonds. The van der Waals surface area contributed by atoms with Crippen molar-refractivity contribution < 1.29 is 15.1 Å². The fourth-order valence-corrected chi connectivity index (χ4v) is 3.23. The quantitative estimate of drug-likeness (QED) is 0.291. The molecule has 0 saturated carbocycles. The number of hydrogen-bond donors (Lipinski definition) is 3. The first kappa shape index (κ1) is 19.8. The van der Waals surface area contributed by atoms with E-state index in [2.05, 4.69) is 36.4 Å². The zero-order chi connectivity index (χ0) is 19.8. The van der Waals surface area contributed by atoms with Gasteiger partial charge in [-0.1, -0.05) is 85.3 Å². The maximum atomic E-state index is 11.0. The summed E-state index contributed by atoms with van der Waals surface area (Å²) < 4.78 is 0. The molecule has 3 aromatic rings. The Morgan fingerprint density at radius 2 is 1.25 bits per heavy atom. The normalized spacial score (nSPS) is 11.8. The van der Waals surface area contributed by atoms with Crippen LogP contribution in [0.4, 0.5) is 0 Å². The number of nitrogens with one attached hydrogen (secondary N) is 1. The predicted octanol–water partition coefficient (Wildman–Crippen LogP) is 5.12. The minimum atomic E-state index is -0.549. The molecule has 144 valence electrons. The van der Waals surface area contributed by atoms with E-state index < -0.39 is 12.0 Å². The molecule has 0 bridgehead atoms. The average molecular weight is 375 g/mol. The van der Waals surface area contributed by atoms with E-state index in [0.717, 1.165) is 23.1 Å². The number of hydrogen-bond acceptors (Lipinski definition) is 3. The van der Waals surface area contributed by atoms with E-state index in [4.69, 9.17) is 5.21 Å². The van der Waals surface area contributed by atoms with Crippen LogP contribution >= 0.6 is 0 Å². The van der Waals surface area contributed by atoms with E-state index in [1.807, 2.05) is 42.5 Å². The van der Waals surface area contributed by atoms with E-state index in [0.29, 0.717) is 12.8 Å². The Morgan fingerprint density at radius 1 is 0.750 bits per heavy atom. The van der Waals surface area contributed by atoms with Crippen molar-refractivity contribution in [3.05, 3.63) is 84.4 Å². The van der Waals surface area contributed by atoms with Crippen LogP contribution in [0.2, 0.25) is 0 Å². The number of carbonyl (C=O) groups is 1. The summed E-state index contributed by atoms with van der Waals surface area (Å²) >= 11 is 0. The lowest BCUT2D eigenvalue weighted by Gasteiger charge is -2.12. The van der Waals surface area contributed by atoms with Gasteiger partial charge in [0.25, 0.3) is 0 Å².